The Labute approximate surface area is 255 Å². The van der Waals surface area contributed by atoms with Crippen molar-refractivity contribution in [3.05, 3.63) is 131 Å². The average molecular weight is 593 g/mol. The van der Waals surface area contributed by atoms with Gasteiger partial charge in [-0.1, -0.05) is 72.8 Å². The number of carbonyl (C=O) groups is 4. The third kappa shape index (κ3) is 6.19. The zero-order chi connectivity index (χ0) is 31.4. The number of rotatable bonds is 2. The van der Waals surface area contributed by atoms with E-state index >= 15 is 0 Å². The lowest BCUT2D eigenvalue weighted by atomic mass is 10.0. The van der Waals surface area contributed by atoms with Crippen molar-refractivity contribution in [3.8, 4) is 0 Å². The van der Waals surface area contributed by atoms with E-state index in [0.29, 0.717) is 11.1 Å². The number of aromatic nitrogens is 2. The zero-order valence-corrected chi connectivity index (χ0v) is 24.8. The molecule has 3 heterocycles. The quantitative estimate of drug-likeness (QED) is 0.302. The third-order valence-corrected chi connectivity index (χ3v) is 7.82. The van der Waals surface area contributed by atoms with Gasteiger partial charge in [-0.05, 0) is 49.2 Å². The van der Waals surface area contributed by atoms with Gasteiger partial charge in [0.15, 0.2) is 0 Å². The molecule has 5 rings (SSSR count). The summed E-state index contributed by atoms with van der Waals surface area (Å²) in [6, 6.07) is 25.8. The highest BCUT2D eigenvalue weighted by Crippen LogP contribution is 2.29. The van der Waals surface area contributed by atoms with Crippen LogP contribution >= 0.6 is 0 Å². The Morgan fingerprint density at radius 1 is 0.500 bits per heavy atom. The second-order valence-electron chi connectivity index (χ2n) is 10.6. The molecule has 2 amide bonds. The summed E-state index contributed by atoms with van der Waals surface area (Å²) in [5, 5.41) is 0. The summed E-state index contributed by atoms with van der Waals surface area (Å²) in [4.78, 5) is 65.8. The van der Waals surface area contributed by atoms with Crippen molar-refractivity contribution in [2.75, 3.05) is 14.1 Å². The van der Waals surface area contributed by atoms with Gasteiger partial charge in [0.25, 0.3) is 11.8 Å². The lowest BCUT2D eigenvalue weighted by molar-refractivity contribution is 0.00352. The maximum absolute atomic E-state index is 13.7. The first-order valence-corrected chi connectivity index (χ1v) is 14.2. The highest BCUT2D eigenvalue weighted by molar-refractivity contribution is 5.96. The number of esters is 2. The zero-order valence-electron chi connectivity index (χ0n) is 24.8. The Morgan fingerprint density at radius 3 is 1.23 bits per heavy atom. The molecular formula is C34H32N4O6. The van der Waals surface area contributed by atoms with E-state index in [1.54, 1.807) is 82.5 Å². The van der Waals surface area contributed by atoms with Crippen molar-refractivity contribution in [1.82, 2.24) is 19.8 Å². The van der Waals surface area contributed by atoms with E-state index in [1.165, 1.54) is 40.1 Å². The van der Waals surface area contributed by atoms with Crippen molar-refractivity contribution in [2.45, 2.75) is 38.1 Å². The summed E-state index contributed by atoms with van der Waals surface area (Å²) in [5.41, 5.74) is 1.19. The van der Waals surface area contributed by atoms with Gasteiger partial charge in [0, 0.05) is 14.1 Å². The van der Waals surface area contributed by atoms with Crippen molar-refractivity contribution in [3.63, 3.8) is 0 Å². The molecule has 0 unspecified atom stereocenters. The molecule has 0 aliphatic carbocycles. The van der Waals surface area contributed by atoms with Crippen LogP contribution in [-0.4, -0.2) is 69.7 Å². The van der Waals surface area contributed by atoms with E-state index in [0.717, 1.165) is 0 Å². The fourth-order valence-corrected chi connectivity index (χ4v) is 5.00. The van der Waals surface area contributed by atoms with Crippen LogP contribution < -0.4 is 0 Å². The first-order chi connectivity index (χ1) is 21.2. The Balaban J connectivity index is 1.62. The molecule has 44 heavy (non-hydrogen) atoms. The summed E-state index contributed by atoms with van der Waals surface area (Å²) in [5.74, 6) is -2.48. The molecule has 4 aromatic rings. The Bertz CT molecular complexity index is 1560. The van der Waals surface area contributed by atoms with Gasteiger partial charge in [-0.3, -0.25) is 9.59 Å². The van der Waals surface area contributed by atoms with Crippen LogP contribution in [0.25, 0.3) is 0 Å². The molecule has 0 fully saturated rings. The van der Waals surface area contributed by atoms with Crippen LogP contribution in [0.3, 0.4) is 0 Å². The molecule has 4 atom stereocenters. The largest absolute Gasteiger partial charge is 0.451 e. The molecule has 224 valence electrons. The summed E-state index contributed by atoms with van der Waals surface area (Å²) in [6.07, 6.45) is -1.79. The molecule has 0 saturated carbocycles. The maximum atomic E-state index is 13.7. The molecule has 0 radical (unpaired) electrons. The smallest absolute Gasteiger partial charge is 0.357 e. The van der Waals surface area contributed by atoms with Crippen LogP contribution in [0.5, 0.6) is 0 Å². The fraction of sp³-hybridized carbons (Fsp3) is 0.235. The van der Waals surface area contributed by atoms with E-state index < -0.39 is 48.0 Å². The number of pyridine rings is 2. The molecule has 1 aliphatic rings. The van der Waals surface area contributed by atoms with E-state index in [-0.39, 0.29) is 22.8 Å². The van der Waals surface area contributed by atoms with Crippen LogP contribution in [0.2, 0.25) is 0 Å². The van der Waals surface area contributed by atoms with Gasteiger partial charge >= 0.3 is 11.9 Å². The lowest BCUT2D eigenvalue weighted by Gasteiger charge is -2.33. The molecule has 10 heteroatoms. The minimum Gasteiger partial charge on any atom is -0.451 e. The summed E-state index contributed by atoms with van der Waals surface area (Å²) < 4.78 is 11.9. The molecule has 0 N–H and O–H groups in total. The number of carbonyl (C=O) groups excluding carboxylic acids is 4. The minimum absolute atomic E-state index is 0.0471. The summed E-state index contributed by atoms with van der Waals surface area (Å²) in [6.45, 7) is 3.49. The fourth-order valence-electron chi connectivity index (χ4n) is 5.00. The second kappa shape index (κ2) is 12.9. The SMILES string of the molecule is C[C@H]1[C@@H](c2ccccc2)OC(=O)c2cccc(n2)C(=O)O[C@H](c2ccccc2)[C@H](C)N(C)C(=O)c2cccc(n2)C(=O)N1C. The highest BCUT2D eigenvalue weighted by atomic mass is 16.6. The van der Waals surface area contributed by atoms with Crippen LogP contribution in [0.1, 0.15) is 79.1 Å². The minimum atomic E-state index is -0.895. The monoisotopic (exact) mass is 592 g/mol. The van der Waals surface area contributed by atoms with Crippen molar-refractivity contribution < 1.29 is 28.7 Å². The van der Waals surface area contributed by atoms with Crippen molar-refractivity contribution in [2.24, 2.45) is 0 Å². The van der Waals surface area contributed by atoms with Crippen LogP contribution in [0.15, 0.2) is 97.1 Å². The Morgan fingerprint density at radius 2 is 0.841 bits per heavy atom. The van der Waals surface area contributed by atoms with E-state index in [9.17, 15) is 19.2 Å². The topological polar surface area (TPSA) is 119 Å². The number of hydrogen-bond donors (Lipinski definition) is 0. The molecule has 4 bridgehead atoms. The number of hydrogen-bond acceptors (Lipinski definition) is 8. The van der Waals surface area contributed by atoms with Crippen molar-refractivity contribution in [1.29, 1.82) is 0 Å². The number of benzene rings is 2. The first-order valence-electron chi connectivity index (χ1n) is 14.2. The van der Waals surface area contributed by atoms with Crippen LogP contribution in [0, 0.1) is 0 Å². The molecule has 0 spiro atoms. The normalized spacial score (nSPS) is 21.6. The predicted octanol–water partition coefficient (Wildman–Crippen LogP) is 4.91. The molecular weight excluding hydrogens is 560 g/mol. The molecule has 10 nitrogen and oxygen atoms in total. The van der Waals surface area contributed by atoms with Crippen LogP contribution in [0.4, 0.5) is 0 Å². The summed E-state index contributed by atoms with van der Waals surface area (Å²) >= 11 is 0. The Kier molecular flexibility index (Phi) is 8.80. The van der Waals surface area contributed by atoms with Gasteiger partial charge in [0.2, 0.25) is 0 Å². The first kappa shape index (κ1) is 30.1. The van der Waals surface area contributed by atoms with Gasteiger partial charge in [-0.25, -0.2) is 19.6 Å². The Hall–Kier alpha value is -5.38. The van der Waals surface area contributed by atoms with Gasteiger partial charge in [0.1, 0.15) is 35.0 Å². The van der Waals surface area contributed by atoms with Gasteiger partial charge in [-0.15, -0.1) is 0 Å². The third-order valence-electron chi connectivity index (χ3n) is 7.82. The maximum Gasteiger partial charge on any atom is 0.357 e. The average Bonchev–Trinajstić information content (AvgIpc) is 3.07. The van der Waals surface area contributed by atoms with Gasteiger partial charge in [-0.2, -0.15) is 0 Å². The molecule has 2 aromatic carbocycles. The van der Waals surface area contributed by atoms with E-state index in [2.05, 4.69) is 9.97 Å². The highest BCUT2D eigenvalue weighted by Gasteiger charge is 2.34. The van der Waals surface area contributed by atoms with E-state index in [4.69, 9.17) is 9.47 Å². The molecule has 1 aliphatic heterocycles. The van der Waals surface area contributed by atoms with Crippen molar-refractivity contribution >= 4 is 23.8 Å². The van der Waals surface area contributed by atoms with Gasteiger partial charge in [0.05, 0.1) is 12.1 Å². The molecule has 2 aromatic heterocycles. The second-order valence-corrected chi connectivity index (χ2v) is 10.6. The van der Waals surface area contributed by atoms with Crippen LogP contribution in [-0.2, 0) is 9.47 Å². The number of cyclic esters (lactones) is 2. The number of nitrogens with zero attached hydrogens (tertiary/aromatic N) is 4. The summed E-state index contributed by atoms with van der Waals surface area (Å²) in [7, 11) is 3.16. The standard InChI is InChI=1S/C34H32N4O6/c1-21-29(23-13-7-5-8-14-23)43-33(41)27-19-12-20-28(36-27)34(42)44-30(24-15-9-6-10-16-24)22(2)38(4)32(40)26-18-11-17-25(35-26)31(39)37(21)3/h5-22,29-30H,1-4H3/t21-,22-,29-,30-/m0/s1. The van der Waals surface area contributed by atoms with E-state index in [1.807, 2.05) is 12.1 Å². The molecule has 0 saturated heterocycles. The number of likely N-dealkylation sites (N-methyl/N-ethyl adjacent to an activating group) is 2. The van der Waals surface area contributed by atoms with Gasteiger partial charge < -0.3 is 19.3 Å². The predicted molar refractivity (Wildman–Crippen MR) is 161 cm³/mol. The lowest BCUT2D eigenvalue weighted by Crippen LogP contribution is -2.42. The number of fused-ring (bicyclic) bond motifs is 4. The number of amides is 2. The number of ether oxygens (including phenoxy) is 2.